The van der Waals surface area contributed by atoms with Gasteiger partial charge in [-0.05, 0) is 69.3 Å². The van der Waals surface area contributed by atoms with E-state index in [0.717, 1.165) is 32.1 Å². The van der Waals surface area contributed by atoms with Crippen molar-refractivity contribution in [1.29, 1.82) is 0 Å². The lowest BCUT2D eigenvalue weighted by Gasteiger charge is -2.57. The third-order valence-corrected chi connectivity index (χ3v) is 8.90. The zero-order chi connectivity index (χ0) is 19.9. The van der Waals surface area contributed by atoms with Crippen molar-refractivity contribution >= 4 is 11.9 Å². The molecule has 0 N–H and O–H groups in total. The minimum atomic E-state index is -0.333. The molecule has 1 spiro atoms. The van der Waals surface area contributed by atoms with Gasteiger partial charge in [0.25, 0.3) is 0 Å². The van der Waals surface area contributed by atoms with Crippen LogP contribution in [0.5, 0.6) is 0 Å². The SMILES string of the molecule is CC(=O)OC1CCC2C3CC=C4C(C)(C)OC5CC(=O)OCC45C3CCC12C. The van der Waals surface area contributed by atoms with Crippen molar-refractivity contribution in [2.24, 2.45) is 28.6 Å². The Morgan fingerprint density at radius 2 is 1.96 bits per heavy atom. The van der Waals surface area contributed by atoms with Crippen molar-refractivity contribution in [1.82, 2.24) is 0 Å². The van der Waals surface area contributed by atoms with Crippen LogP contribution in [0.25, 0.3) is 0 Å². The average Bonchev–Trinajstić information content (AvgIpc) is 3.05. The monoisotopic (exact) mass is 388 g/mol. The van der Waals surface area contributed by atoms with E-state index in [4.69, 9.17) is 14.2 Å². The van der Waals surface area contributed by atoms with Crippen molar-refractivity contribution in [3.63, 3.8) is 0 Å². The molecule has 4 fully saturated rings. The van der Waals surface area contributed by atoms with Crippen LogP contribution < -0.4 is 0 Å². The van der Waals surface area contributed by atoms with Gasteiger partial charge in [-0.1, -0.05) is 13.0 Å². The molecule has 2 saturated heterocycles. The number of carbonyl (C=O) groups is 2. The van der Waals surface area contributed by atoms with Gasteiger partial charge in [0.05, 0.1) is 23.5 Å². The van der Waals surface area contributed by atoms with E-state index in [2.05, 4.69) is 26.8 Å². The summed E-state index contributed by atoms with van der Waals surface area (Å²) in [5, 5.41) is 0. The highest BCUT2D eigenvalue weighted by molar-refractivity contribution is 5.72. The number of hydrogen-bond acceptors (Lipinski definition) is 5. The Kier molecular flexibility index (Phi) is 3.89. The third-order valence-electron chi connectivity index (χ3n) is 8.90. The standard InChI is InChI=1S/C23H32O5/c1-13(24)27-18-8-6-15-14-5-7-17-21(2,3)28-19-11-20(25)26-12-23(17,19)16(14)9-10-22(15,18)4/h7,14-16,18-19H,5-6,8-12H2,1-4H3. The molecule has 0 aromatic heterocycles. The van der Waals surface area contributed by atoms with E-state index in [-0.39, 0.29) is 40.6 Å². The summed E-state index contributed by atoms with van der Waals surface area (Å²) in [5.74, 6) is 1.26. The number of allylic oxidation sites excluding steroid dienone is 1. The Bertz CT molecular complexity index is 754. The Hall–Kier alpha value is -1.36. The lowest BCUT2D eigenvalue weighted by molar-refractivity contribution is -0.178. The molecular weight excluding hydrogens is 356 g/mol. The maximum atomic E-state index is 12.1. The Morgan fingerprint density at radius 3 is 2.71 bits per heavy atom. The lowest BCUT2D eigenvalue weighted by Crippen LogP contribution is -2.57. The molecule has 154 valence electrons. The summed E-state index contributed by atoms with van der Waals surface area (Å²) in [6.07, 6.45) is 8.02. The zero-order valence-corrected chi connectivity index (χ0v) is 17.5. The van der Waals surface area contributed by atoms with Crippen molar-refractivity contribution in [3.8, 4) is 0 Å². The van der Waals surface area contributed by atoms with Gasteiger partial charge in [0.1, 0.15) is 12.7 Å². The normalized spacial score (nSPS) is 48.5. The molecule has 3 aliphatic carbocycles. The first-order valence-electron chi connectivity index (χ1n) is 10.9. The van der Waals surface area contributed by atoms with Crippen LogP contribution in [0, 0.1) is 28.6 Å². The fraction of sp³-hybridized carbons (Fsp3) is 0.826. The first-order chi connectivity index (χ1) is 13.2. The summed E-state index contributed by atoms with van der Waals surface area (Å²) in [6, 6.07) is 0. The van der Waals surface area contributed by atoms with Crippen LogP contribution in [-0.4, -0.2) is 36.4 Å². The third kappa shape index (κ3) is 2.28. The summed E-state index contributed by atoms with van der Waals surface area (Å²) in [6.45, 7) is 8.60. The number of hydrogen-bond donors (Lipinski definition) is 0. The van der Waals surface area contributed by atoms with Gasteiger partial charge < -0.3 is 14.2 Å². The summed E-state index contributed by atoms with van der Waals surface area (Å²) in [4.78, 5) is 23.7. The molecule has 0 aromatic carbocycles. The highest BCUT2D eigenvalue weighted by Gasteiger charge is 2.68. The largest absolute Gasteiger partial charge is 0.465 e. The quantitative estimate of drug-likeness (QED) is 0.505. The first kappa shape index (κ1) is 18.7. The van der Waals surface area contributed by atoms with Gasteiger partial charge in [0, 0.05) is 12.3 Å². The Balaban J connectivity index is 1.52. The van der Waals surface area contributed by atoms with Gasteiger partial charge in [-0.2, -0.15) is 0 Å². The van der Waals surface area contributed by atoms with Gasteiger partial charge >= 0.3 is 11.9 Å². The molecule has 28 heavy (non-hydrogen) atoms. The topological polar surface area (TPSA) is 61.8 Å². The second kappa shape index (κ2) is 5.84. The fourth-order valence-corrected chi connectivity index (χ4v) is 7.90. The van der Waals surface area contributed by atoms with E-state index < -0.39 is 0 Å². The highest BCUT2D eigenvalue weighted by atomic mass is 16.6. The molecule has 2 heterocycles. The van der Waals surface area contributed by atoms with Crippen molar-refractivity contribution in [2.45, 2.75) is 84.0 Å². The summed E-state index contributed by atoms with van der Waals surface area (Å²) in [7, 11) is 0. The Morgan fingerprint density at radius 1 is 1.18 bits per heavy atom. The molecule has 0 aromatic rings. The summed E-state index contributed by atoms with van der Waals surface area (Å²) >= 11 is 0. The van der Waals surface area contributed by atoms with Crippen LogP contribution in [-0.2, 0) is 23.8 Å². The molecule has 5 nitrogen and oxygen atoms in total. The smallest absolute Gasteiger partial charge is 0.308 e. The predicted molar refractivity (Wildman–Crippen MR) is 102 cm³/mol. The van der Waals surface area contributed by atoms with Crippen molar-refractivity contribution in [3.05, 3.63) is 11.6 Å². The molecule has 5 heteroatoms. The van der Waals surface area contributed by atoms with E-state index >= 15 is 0 Å². The van der Waals surface area contributed by atoms with Gasteiger partial charge in [-0.15, -0.1) is 0 Å². The van der Waals surface area contributed by atoms with E-state index in [1.165, 1.54) is 12.5 Å². The van der Waals surface area contributed by atoms with Crippen LogP contribution in [0.1, 0.15) is 66.2 Å². The second-order valence-corrected chi connectivity index (χ2v) is 10.5. The number of carbonyl (C=O) groups excluding carboxylic acids is 2. The summed E-state index contributed by atoms with van der Waals surface area (Å²) in [5.41, 5.74) is 0.920. The van der Waals surface area contributed by atoms with E-state index in [1.54, 1.807) is 0 Å². The molecule has 0 radical (unpaired) electrons. The predicted octanol–water partition coefficient (Wildman–Crippen LogP) is 3.80. The molecule has 7 atom stereocenters. The molecular formula is C23H32O5. The van der Waals surface area contributed by atoms with Crippen LogP contribution in [0.3, 0.4) is 0 Å². The molecule has 0 bridgehead atoms. The van der Waals surface area contributed by atoms with E-state index in [9.17, 15) is 9.59 Å². The maximum absolute atomic E-state index is 12.1. The van der Waals surface area contributed by atoms with Gasteiger partial charge in [0.2, 0.25) is 0 Å². The fourth-order valence-electron chi connectivity index (χ4n) is 7.90. The molecule has 0 amide bonds. The number of rotatable bonds is 1. The van der Waals surface area contributed by atoms with Crippen LogP contribution in [0.4, 0.5) is 0 Å². The van der Waals surface area contributed by atoms with Gasteiger partial charge in [0.15, 0.2) is 0 Å². The number of esters is 2. The van der Waals surface area contributed by atoms with E-state index in [1.807, 2.05) is 0 Å². The molecule has 5 aliphatic rings. The number of fused-ring (bicyclic) bond motifs is 3. The van der Waals surface area contributed by atoms with Crippen LogP contribution in [0.15, 0.2) is 11.6 Å². The van der Waals surface area contributed by atoms with Crippen molar-refractivity contribution in [2.75, 3.05) is 6.61 Å². The lowest BCUT2D eigenvalue weighted by atomic mass is 9.48. The molecule has 2 saturated carbocycles. The van der Waals surface area contributed by atoms with Crippen molar-refractivity contribution < 1.29 is 23.8 Å². The maximum Gasteiger partial charge on any atom is 0.308 e. The molecule has 2 aliphatic heterocycles. The van der Waals surface area contributed by atoms with Gasteiger partial charge in [-0.3, -0.25) is 9.59 Å². The zero-order valence-electron chi connectivity index (χ0n) is 17.5. The number of cyclic esters (lactones) is 1. The average molecular weight is 389 g/mol. The summed E-state index contributed by atoms with van der Waals surface area (Å²) < 4.78 is 17.9. The minimum absolute atomic E-state index is 0.0371. The first-order valence-corrected chi connectivity index (χ1v) is 10.9. The highest BCUT2D eigenvalue weighted by Crippen LogP contribution is 2.68. The van der Waals surface area contributed by atoms with Gasteiger partial charge in [-0.25, -0.2) is 0 Å². The minimum Gasteiger partial charge on any atom is -0.465 e. The van der Waals surface area contributed by atoms with E-state index in [0.29, 0.717) is 30.8 Å². The molecule has 7 unspecified atom stereocenters. The Labute approximate surface area is 167 Å². The molecule has 5 rings (SSSR count). The second-order valence-electron chi connectivity index (χ2n) is 10.5. The van der Waals surface area contributed by atoms with Crippen LogP contribution >= 0.6 is 0 Å². The number of ether oxygens (including phenoxy) is 3. The van der Waals surface area contributed by atoms with Crippen LogP contribution in [0.2, 0.25) is 0 Å².